The average Bonchev–Trinajstić information content (AvgIpc) is 2.73. The summed E-state index contributed by atoms with van der Waals surface area (Å²) in [6.45, 7) is 0. The maximum atomic E-state index is 12.5. The van der Waals surface area contributed by atoms with Crippen LogP contribution in [0.3, 0.4) is 0 Å². The maximum absolute atomic E-state index is 12.5. The number of hydrogen-bond acceptors (Lipinski definition) is 4. The second kappa shape index (κ2) is 6.64. The van der Waals surface area contributed by atoms with E-state index in [1.54, 1.807) is 12.1 Å². The third-order valence-corrected chi connectivity index (χ3v) is 4.12. The van der Waals surface area contributed by atoms with Crippen LogP contribution in [0.25, 0.3) is 0 Å². The third-order valence-electron chi connectivity index (χ3n) is 3.87. The molecule has 0 aliphatic carbocycles. The summed E-state index contributed by atoms with van der Waals surface area (Å²) in [5.74, 6) is -0.361. The van der Waals surface area contributed by atoms with Gasteiger partial charge in [0.05, 0.1) is 0 Å². The van der Waals surface area contributed by atoms with Gasteiger partial charge in [0.25, 0.3) is 5.91 Å². The van der Waals surface area contributed by atoms with Gasteiger partial charge in [-0.1, -0.05) is 23.7 Å². The number of amides is 3. The molecule has 22 heavy (non-hydrogen) atoms. The fraction of sp³-hybridized carbons (Fsp3) is 0.467. The number of ether oxygens (including phenoxy) is 2. The van der Waals surface area contributed by atoms with Crippen molar-refractivity contribution in [1.82, 2.24) is 10.2 Å². The summed E-state index contributed by atoms with van der Waals surface area (Å²) in [5.41, 5.74) is -0.221. The number of methoxy groups -OCH3 is 2. The van der Waals surface area contributed by atoms with Gasteiger partial charge in [-0.2, -0.15) is 0 Å². The minimum atomic E-state index is -1.23. The first kappa shape index (κ1) is 16.7. The van der Waals surface area contributed by atoms with Gasteiger partial charge in [-0.05, 0) is 30.5 Å². The molecule has 0 radical (unpaired) electrons. The highest BCUT2D eigenvalue weighted by Crippen LogP contribution is 2.28. The van der Waals surface area contributed by atoms with Crippen LogP contribution in [0.15, 0.2) is 24.3 Å². The van der Waals surface area contributed by atoms with Gasteiger partial charge in [-0.3, -0.25) is 9.69 Å². The van der Waals surface area contributed by atoms with Crippen molar-refractivity contribution < 1.29 is 19.1 Å². The van der Waals surface area contributed by atoms with Gasteiger partial charge in [-0.25, -0.2) is 4.79 Å². The van der Waals surface area contributed by atoms with Crippen molar-refractivity contribution in [1.29, 1.82) is 0 Å². The van der Waals surface area contributed by atoms with Crippen molar-refractivity contribution in [3.05, 3.63) is 34.9 Å². The van der Waals surface area contributed by atoms with E-state index in [-0.39, 0.29) is 5.91 Å². The SMILES string of the molecule is COC(OC)[C@@]1(CCc2ccc(Cl)cc2)NC(=O)N(C)C1=O. The molecule has 7 heteroatoms. The summed E-state index contributed by atoms with van der Waals surface area (Å²) in [6.07, 6.45) is 0.0667. The lowest BCUT2D eigenvalue weighted by Gasteiger charge is -2.32. The molecule has 0 spiro atoms. The van der Waals surface area contributed by atoms with Crippen LogP contribution in [0.5, 0.6) is 0 Å². The summed E-state index contributed by atoms with van der Waals surface area (Å²) in [4.78, 5) is 25.4. The van der Waals surface area contributed by atoms with Crippen LogP contribution in [0.1, 0.15) is 12.0 Å². The lowest BCUT2D eigenvalue weighted by molar-refractivity contribution is -0.168. The van der Waals surface area contributed by atoms with E-state index in [1.165, 1.54) is 21.3 Å². The molecule has 0 bridgehead atoms. The van der Waals surface area contributed by atoms with Crippen LogP contribution in [0, 0.1) is 0 Å². The third kappa shape index (κ3) is 2.95. The highest BCUT2D eigenvalue weighted by molar-refractivity contribution is 6.30. The van der Waals surface area contributed by atoms with E-state index in [0.29, 0.717) is 17.9 Å². The monoisotopic (exact) mass is 326 g/mol. The molecule has 1 saturated heterocycles. The molecule has 120 valence electrons. The second-order valence-electron chi connectivity index (χ2n) is 5.20. The van der Waals surface area contributed by atoms with Crippen molar-refractivity contribution in [2.75, 3.05) is 21.3 Å². The van der Waals surface area contributed by atoms with E-state index in [9.17, 15) is 9.59 Å². The number of nitrogens with one attached hydrogen (secondary N) is 1. The number of halogens is 1. The molecule has 1 atom stereocenters. The van der Waals surface area contributed by atoms with Crippen molar-refractivity contribution in [2.24, 2.45) is 0 Å². The van der Waals surface area contributed by atoms with E-state index in [0.717, 1.165) is 10.5 Å². The number of benzene rings is 1. The number of urea groups is 1. The van der Waals surface area contributed by atoms with Gasteiger partial charge in [0, 0.05) is 26.3 Å². The Morgan fingerprint density at radius 2 is 1.82 bits per heavy atom. The number of likely N-dealkylation sites (N-methyl/N-ethyl adjacent to an activating group) is 1. The highest BCUT2D eigenvalue weighted by atomic mass is 35.5. The Labute approximate surface area is 134 Å². The molecule has 1 aromatic rings. The van der Waals surface area contributed by atoms with Gasteiger partial charge in [0.2, 0.25) is 0 Å². The molecule has 1 aliphatic heterocycles. The smallest absolute Gasteiger partial charge is 0.324 e. The number of hydrogen-bond donors (Lipinski definition) is 1. The van der Waals surface area contributed by atoms with Crippen LogP contribution in [-0.4, -0.2) is 49.9 Å². The Morgan fingerprint density at radius 1 is 1.23 bits per heavy atom. The lowest BCUT2D eigenvalue weighted by Crippen LogP contribution is -2.58. The summed E-state index contributed by atoms with van der Waals surface area (Å²) in [6, 6.07) is 6.88. The molecule has 1 heterocycles. The summed E-state index contributed by atoms with van der Waals surface area (Å²) >= 11 is 5.87. The van der Waals surface area contributed by atoms with Crippen LogP contribution in [-0.2, 0) is 20.7 Å². The van der Waals surface area contributed by atoms with E-state index in [1.807, 2.05) is 12.1 Å². The molecule has 3 amide bonds. The normalized spacial score (nSPS) is 21.6. The van der Waals surface area contributed by atoms with E-state index in [2.05, 4.69) is 5.32 Å². The number of nitrogens with zero attached hydrogens (tertiary/aromatic N) is 1. The predicted octanol–water partition coefficient (Wildman–Crippen LogP) is 1.81. The Morgan fingerprint density at radius 3 is 2.27 bits per heavy atom. The zero-order valence-electron chi connectivity index (χ0n) is 12.8. The molecule has 2 rings (SSSR count). The first-order valence-electron chi connectivity index (χ1n) is 6.85. The minimum Gasteiger partial charge on any atom is -0.353 e. The van der Waals surface area contributed by atoms with Gasteiger partial charge in [0.15, 0.2) is 11.8 Å². The average molecular weight is 327 g/mol. The minimum absolute atomic E-state index is 0.357. The van der Waals surface area contributed by atoms with Gasteiger partial charge >= 0.3 is 6.03 Å². The molecule has 6 nitrogen and oxygen atoms in total. The van der Waals surface area contributed by atoms with Crippen LogP contribution < -0.4 is 5.32 Å². The maximum Gasteiger partial charge on any atom is 0.324 e. The van der Waals surface area contributed by atoms with Gasteiger partial charge in [0.1, 0.15) is 0 Å². The molecule has 1 aromatic carbocycles. The van der Waals surface area contributed by atoms with E-state index < -0.39 is 17.9 Å². The summed E-state index contributed by atoms with van der Waals surface area (Å²) < 4.78 is 10.5. The Bertz CT molecular complexity index is 559. The Balaban J connectivity index is 2.24. The molecule has 1 N–H and O–H groups in total. The largest absolute Gasteiger partial charge is 0.353 e. The highest BCUT2D eigenvalue weighted by Gasteiger charge is 2.55. The summed E-state index contributed by atoms with van der Waals surface area (Å²) in [5, 5.41) is 3.36. The number of imide groups is 1. The van der Waals surface area contributed by atoms with Crippen LogP contribution in [0.2, 0.25) is 5.02 Å². The number of aryl methyl sites for hydroxylation is 1. The lowest BCUT2D eigenvalue weighted by atomic mass is 9.90. The zero-order valence-corrected chi connectivity index (χ0v) is 13.5. The topological polar surface area (TPSA) is 67.9 Å². The van der Waals surface area contributed by atoms with Gasteiger partial charge in [-0.15, -0.1) is 0 Å². The molecular formula is C15H19ClN2O4. The number of carbonyl (C=O) groups is 2. The van der Waals surface area contributed by atoms with Crippen molar-refractivity contribution in [3.63, 3.8) is 0 Å². The standard InChI is InChI=1S/C15H19ClN2O4/c1-18-12(19)15(17-14(18)20,13(21-2)22-3)9-8-10-4-6-11(16)7-5-10/h4-7,13H,8-9H2,1-3H3,(H,17,20)/t15-/m0/s1. The molecule has 0 unspecified atom stereocenters. The summed E-state index contributed by atoms with van der Waals surface area (Å²) in [7, 11) is 4.32. The van der Waals surface area contributed by atoms with Crippen LogP contribution in [0.4, 0.5) is 4.79 Å². The molecule has 1 aliphatic rings. The molecular weight excluding hydrogens is 308 g/mol. The fourth-order valence-electron chi connectivity index (χ4n) is 2.66. The zero-order chi connectivity index (χ0) is 16.3. The second-order valence-corrected chi connectivity index (χ2v) is 5.63. The van der Waals surface area contributed by atoms with E-state index >= 15 is 0 Å². The Hall–Kier alpha value is -1.63. The van der Waals surface area contributed by atoms with Crippen LogP contribution >= 0.6 is 11.6 Å². The first-order valence-corrected chi connectivity index (χ1v) is 7.22. The predicted molar refractivity (Wildman–Crippen MR) is 81.6 cm³/mol. The van der Waals surface area contributed by atoms with Crippen molar-refractivity contribution in [2.45, 2.75) is 24.7 Å². The molecule has 1 fully saturated rings. The Kier molecular flexibility index (Phi) is 5.05. The molecule has 0 aromatic heterocycles. The van der Waals surface area contributed by atoms with Crippen molar-refractivity contribution in [3.8, 4) is 0 Å². The fourth-order valence-corrected chi connectivity index (χ4v) is 2.78. The quantitative estimate of drug-likeness (QED) is 0.639. The van der Waals surface area contributed by atoms with Gasteiger partial charge < -0.3 is 14.8 Å². The molecule has 0 saturated carbocycles. The number of rotatable bonds is 6. The number of carbonyl (C=O) groups excluding carboxylic acids is 2. The van der Waals surface area contributed by atoms with E-state index in [4.69, 9.17) is 21.1 Å². The first-order chi connectivity index (χ1) is 10.4. The van der Waals surface area contributed by atoms with Crippen molar-refractivity contribution >= 4 is 23.5 Å².